The quantitative estimate of drug-likeness (QED) is 0.513. The van der Waals surface area contributed by atoms with E-state index in [0.717, 1.165) is 5.57 Å². The standard InChI is InChI=1S/C10H16O4/c1-5-12-9(11)8(6(2)3)10-13-7(4)14-10/h7,10H,5H2,1-4H3. The number of carbonyl (C=O) groups excluding carboxylic acids is 1. The van der Waals surface area contributed by atoms with Crippen molar-refractivity contribution in [2.75, 3.05) is 6.61 Å². The van der Waals surface area contributed by atoms with Gasteiger partial charge in [-0.1, -0.05) is 5.57 Å². The number of ether oxygens (including phenoxy) is 3. The number of rotatable bonds is 3. The Hall–Kier alpha value is -0.870. The van der Waals surface area contributed by atoms with Gasteiger partial charge in [0.25, 0.3) is 0 Å². The average Bonchev–Trinajstić information content (AvgIpc) is 2.01. The van der Waals surface area contributed by atoms with E-state index in [1.54, 1.807) is 13.8 Å². The SMILES string of the molecule is CCOC(=O)C(=C(C)C)C1OC(C)O1. The minimum atomic E-state index is -0.547. The van der Waals surface area contributed by atoms with Gasteiger partial charge in [0.15, 0.2) is 12.6 Å². The number of hydrogen-bond donors (Lipinski definition) is 0. The molecule has 1 aliphatic rings. The van der Waals surface area contributed by atoms with Crippen molar-refractivity contribution >= 4 is 5.97 Å². The first kappa shape index (κ1) is 11.2. The first-order valence-electron chi connectivity index (χ1n) is 4.71. The Balaban J connectivity index is 2.67. The largest absolute Gasteiger partial charge is 0.462 e. The van der Waals surface area contributed by atoms with Gasteiger partial charge in [-0.25, -0.2) is 4.79 Å². The van der Waals surface area contributed by atoms with Crippen molar-refractivity contribution in [3.05, 3.63) is 11.1 Å². The lowest BCUT2D eigenvalue weighted by atomic mass is 10.1. The molecule has 14 heavy (non-hydrogen) atoms. The molecule has 1 heterocycles. The molecule has 0 unspecified atom stereocenters. The van der Waals surface area contributed by atoms with E-state index in [2.05, 4.69) is 0 Å². The molecule has 0 amide bonds. The average molecular weight is 200 g/mol. The lowest BCUT2D eigenvalue weighted by Gasteiger charge is -2.34. The lowest BCUT2D eigenvalue weighted by Crippen LogP contribution is -2.42. The van der Waals surface area contributed by atoms with Gasteiger partial charge in [0.2, 0.25) is 0 Å². The zero-order valence-electron chi connectivity index (χ0n) is 8.99. The van der Waals surface area contributed by atoms with E-state index in [1.807, 2.05) is 13.8 Å². The molecule has 0 atom stereocenters. The van der Waals surface area contributed by atoms with Crippen LogP contribution in [0.25, 0.3) is 0 Å². The van der Waals surface area contributed by atoms with Gasteiger partial charge < -0.3 is 14.2 Å². The van der Waals surface area contributed by atoms with Crippen LogP contribution < -0.4 is 0 Å². The first-order valence-corrected chi connectivity index (χ1v) is 4.71. The van der Waals surface area contributed by atoms with Crippen molar-refractivity contribution in [1.29, 1.82) is 0 Å². The maximum atomic E-state index is 11.5. The van der Waals surface area contributed by atoms with Crippen LogP contribution in [0.4, 0.5) is 0 Å². The number of carbonyl (C=O) groups is 1. The molecular formula is C10H16O4. The topological polar surface area (TPSA) is 44.8 Å². The monoisotopic (exact) mass is 200 g/mol. The molecule has 0 aromatic heterocycles. The highest BCUT2D eigenvalue weighted by molar-refractivity contribution is 5.90. The predicted molar refractivity (Wildman–Crippen MR) is 50.4 cm³/mol. The van der Waals surface area contributed by atoms with Gasteiger partial charge in [0.1, 0.15) is 0 Å². The molecule has 4 heteroatoms. The van der Waals surface area contributed by atoms with E-state index in [-0.39, 0.29) is 12.3 Å². The van der Waals surface area contributed by atoms with Crippen LogP contribution in [0.2, 0.25) is 0 Å². The zero-order valence-corrected chi connectivity index (χ0v) is 8.99. The fourth-order valence-electron chi connectivity index (χ4n) is 1.24. The van der Waals surface area contributed by atoms with Crippen molar-refractivity contribution in [2.24, 2.45) is 0 Å². The van der Waals surface area contributed by atoms with Crippen molar-refractivity contribution in [3.63, 3.8) is 0 Å². The molecule has 4 nitrogen and oxygen atoms in total. The number of esters is 1. The van der Waals surface area contributed by atoms with Gasteiger partial charge in [-0.05, 0) is 27.7 Å². The number of hydrogen-bond acceptors (Lipinski definition) is 4. The Morgan fingerprint density at radius 3 is 2.29 bits per heavy atom. The molecule has 0 aromatic rings. The van der Waals surface area contributed by atoms with E-state index in [9.17, 15) is 4.79 Å². The fraction of sp³-hybridized carbons (Fsp3) is 0.700. The van der Waals surface area contributed by atoms with Crippen LogP contribution in [0.3, 0.4) is 0 Å². The van der Waals surface area contributed by atoms with Gasteiger partial charge in [-0.15, -0.1) is 0 Å². The van der Waals surface area contributed by atoms with Gasteiger partial charge >= 0.3 is 5.97 Å². The van der Waals surface area contributed by atoms with Crippen LogP contribution >= 0.6 is 0 Å². The molecule has 0 saturated carbocycles. The molecular weight excluding hydrogens is 184 g/mol. The van der Waals surface area contributed by atoms with E-state index in [0.29, 0.717) is 12.2 Å². The van der Waals surface area contributed by atoms with E-state index < -0.39 is 6.29 Å². The summed E-state index contributed by atoms with van der Waals surface area (Å²) in [5.41, 5.74) is 1.34. The second kappa shape index (κ2) is 4.57. The molecule has 80 valence electrons. The summed E-state index contributed by atoms with van der Waals surface area (Å²) in [4.78, 5) is 11.5. The van der Waals surface area contributed by atoms with Crippen molar-refractivity contribution in [1.82, 2.24) is 0 Å². The third-order valence-corrected chi connectivity index (χ3v) is 1.90. The third-order valence-electron chi connectivity index (χ3n) is 1.90. The molecule has 1 saturated heterocycles. The first-order chi connectivity index (χ1) is 6.56. The summed E-state index contributed by atoms with van der Waals surface area (Å²) in [7, 11) is 0. The van der Waals surface area contributed by atoms with Crippen LogP contribution in [0, 0.1) is 0 Å². The Bertz CT molecular complexity index is 247. The van der Waals surface area contributed by atoms with Crippen molar-refractivity contribution in [2.45, 2.75) is 40.3 Å². The molecule has 0 aliphatic carbocycles. The zero-order chi connectivity index (χ0) is 10.7. The predicted octanol–water partition coefficient (Wildman–Crippen LogP) is 1.60. The summed E-state index contributed by atoms with van der Waals surface area (Å²) in [5, 5.41) is 0. The summed E-state index contributed by atoms with van der Waals surface area (Å²) in [5.74, 6) is -0.357. The number of allylic oxidation sites excluding steroid dienone is 1. The molecule has 0 N–H and O–H groups in total. The molecule has 0 aromatic carbocycles. The second-order valence-corrected chi connectivity index (χ2v) is 3.31. The molecule has 0 radical (unpaired) electrons. The van der Waals surface area contributed by atoms with Gasteiger partial charge in [0.05, 0.1) is 12.2 Å². The molecule has 0 bridgehead atoms. The van der Waals surface area contributed by atoms with E-state index in [4.69, 9.17) is 14.2 Å². The van der Waals surface area contributed by atoms with Gasteiger partial charge in [-0.2, -0.15) is 0 Å². The maximum Gasteiger partial charge on any atom is 0.339 e. The second-order valence-electron chi connectivity index (χ2n) is 3.31. The highest BCUT2D eigenvalue weighted by Crippen LogP contribution is 2.25. The summed E-state index contributed by atoms with van der Waals surface area (Å²) >= 11 is 0. The van der Waals surface area contributed by atoms with Gasteiger partial charge in [-0.3, -0.25) is 0 Å². The molecule has 1 fully saturated rings. The van der Waals surface area contributed by atoms with Crippen molar-refractivity contribution in [3.8, 4) is 0 Å². The third kappa shape index (κ3) is 2.33. The highest BCUT2D eigenvalue weighted by atomic mass is 16.9. The summed E-state index contributed by atoms with van der Waals surface area (Å²) in [6.45, 7) is 7.58. The molecule has 1 aliphatic heterocycles. The Kier molecular flexibility index (Phi) is 3.66. The lowest BCUT2D eigenvalue weighted by molar-refractivity contribution is -0.358. The van der Waals surface area contributed by atoms with Crippen LogP contribution in [0.15, 0.2) is 11.1 Å². The molecule has 0 spiro atoms. The van der Waals surface area contributed by atoms with Gasteiger partial charge in [0, 0.05) is 0 Å². The minimum Gasteiger partial charge on any atom is -0.462 e. The van der Waals surface area contributed by atoms with Crippen molar-refractivity contribution < 1.29 is 19.0 Å². The molecule has 1 rings (SSSR count). The van der Waals surface area contributed by atoms with E-state index in [1.165, 1.54) is 0 Å². The smallest absolute Gasteiger partial charge is 0.339 e. The minimum absolute atomic E-state index is 0.233. The Labute approximate surface area is 83.8 Å². The fourth-order valence-corrected chi connectivity index (χ4v) is 1.24. The Morgan fingerprint density at radius 2 is 1.93 bits per heavy atom. The summed E-state index contributed by atoms with van der Waals surface area (Å²) in [6, 6.07) is 0. The summed E-state index contributed by atoms with van der Waals surface area (Å²) in [6.07, 6.45) is -0.780. The summed E-state index contributed by atoms with van der Waals surface area (Å²) < 4.78 is 15.4. The van der Waals surface area contributed by atoms with E-state index >= 15 is 0 Å². The normalized spacial score (nSPS) is 25.1. The van der Waals surface area contributed by atoms with Crippen LogP contribution in [-0.2, 0) is 19.0 Å². The van der Waals surface area contributed by atoms with Crippen LogP contribution in [0.5, 0.6) is 0 Å². The van der Waals surface area contributed by atoms with Crippen LogP contribution in [0.1, 0.15) is 27.7 Å². The maximum absolute atomic E-state index is 11.5. The highest BCUT2D eigenvalue weighted by Gasteiger charge is 2.35. The Morgan fingerprint density at radius 1 is 1.36 bits per heavy atom. The van der Waals surface area contributed by atoms with Crippen LogP contribution in [-0.4, -0.2) is 25.2 Å².